The molecule has 17 heavy (non-hydrogen) atoms. The quantitative estimate of drug-likeness (QED) is 0.737. The molecule has 1 amide bonds. The van der Waals surface area contributed by atoms with Crippen molar-refractivity contribution in [2.24, 2.45) is 0 Å². The van der Waals surface area contributed by atoms with Crippen LogP contribution >= 0.6 is 0 Å². The van der Waals surface area contributed by atoms with E-state index < -0.39 is 11.5 Å². The van der Waals surface area contributed by atoms with Gasteiger partial charge in [-0.05, 0) is 12.8 Å². The van der Waals surface area contributed by atoms with Gasteiger partial charge in [-0.2, -0.15) is 0 Å². The van der Waals surface area contributed by atoms with E-state index in [-0.39, 0.29) is 11.5 Å². The number of nitrogens with zero attached hydrogens (tertiary/aromatic N) is 1. The fourth-order valence-electron chi connectivity index (χ4n) is 2.09. The zero-order chi connectivity index (χ0) is 12.6. The van der Waals surface area contributed by atoms with Gasteiger partial charge in [0.15, 0.2) is 0 Å². The summed E-state index contributed by atoms with van der Waals surface area (Å²) in [5.41, 5.74) is 0.00236. The van der Waals surface area contributed by atoms with E-state index in [1.165, 1.54) is 11.8 Å². The number of carboxylic acids is 1. The third-order valence-electron chi connectivity index (χ3n) is 2.82. The van der Waals surface area contributed by atoms with Crippen LogP contribution in [0.2, 0.25) is 0 Å². The van der Waals surface area contributed by atoms with Crippen molar-refractivity contribution in [3.8, 4) is 0 Å². The van der Waals surface area contributed by atoms with E-state index in [0.29, 0.717) is 30.8 Å². The number of aromatic nitrogens is 1. The Morgan fingerprint density at radius 1 is 1.47 bits per heavy atom. The molecule has 2 heterocycles. The van der Waals surface area contributed by atoms with Gasteiger partial charge in [-0.25, -0.2) is 4.79 Å². The minimum atomic E-state index is -1.14. The van der Waals surface area contributed by atoms with Crippen LogP contribution in [0.15, 0.2) is 10.9 Å². The number of aromatic carboxylic acids is 1. The summed E-state index contributed by atoms with van der Waals surface area (Å²) < 4.78 is 0. The summed E-state index contributed by atoms with van der Waals surface area (Å²) in [4.78, 5) is 37.8. The zero-order valence-corrected chi connectivity index (χ0v) is 9.32. The monoisotopic (exact) mass is 236 g/mol. The van der Waals surface area contributed by atoms with Gasteiger partial charge in [0.1, 0.15) is 5.82 Å². The molecule has 2 rings (SSSR count). The predicted octanol–water partition coefficient (Wildman–Crippen LogP) is 0.372. The van der Waals surface area contributed by atoms with Crippen LogP contribution in [0.1, 0.15) is 29.3 Å². The summed E-state index contributed by atoms with van der Waals surface area (Å²) in [6.45, 7) is 1.89. The Labute approximate surface area is 96.9 Å². The number of hydrogen-bond acceptors (Lipinski definition) is 3. The highest BCUT2D eigenvalue weighted by molar-refractivity contribution is 5.96. The van der Waals surface area contributed by atoms with Crippen LogP contribution in [0.3, 0.4) is 0 Å². The van der Waals surface area contributed by atoms with Crippen LogP contribution < -0.4 is 10.5 Å². The lowest BCUT2D eigenvalue weighted by Gasteiger charge is -2.28. The highest BCUT2D eigenvalue weighted by atomic mass is 16.4. The van der Waals surface area contributed by atoms with Crippen LogP contribution in [0.4, 0.5) is 5.82 Å². The number of H-pyrrole nitrogens is 1. The first-order valence-electron chi connectivity index (χ1n) is 5.28. The molecule has 0 unspecified atom stereocenters. The van der Waals surface area contributed by atoms with Crippen molar-refractivity contribution in [3.63, 3.8) is 0 Å². The van der Waals surface area contributed by atoms with Gasteiger partial charge >= 0.3 is 5.97 Å². The first kappa shape index (κ1) is 11.4. The first-order valence-corrected chi connectivity index (χ1v) is 5.28. The van der Waals surface area contributed by atoms with Crippen molar-refractivity contribution < 1.29 is 14.7 Å². The van der Waals surface area contributed by atoms with Crippen LogP contribution in [0.5, 0.6) is 0 Å². The third-order valence-corrected chi connectivity index (χ3v) is 2.82. The van der Waals surface area contributed by atoms with Crippen molar-refractivity contribution in [1.29, 1.82) is 0 Å². The maximum absolute atomic E-state index is 11.4. The highest BCUT2D eigenvalue weighted by Crippen LogP contribution is 2.26. The number of carbonyl (C=O) groups excluding carboxylic acids is 1. The number of rotatable bonds is 1. The third kappa shape index (κ3) is 1.93. The summed E-state index contributed by atoms with van der Waals surface area (Å²) in [5, 5.41) is 9.03. The number of carboxylic acid groups (broad SMARTS) is 1. The van der Waals surface area contributed by atoms with Crippen molar-refractivity contribution in [2.45, 2.75) is 19.8 Å². The van der Waals surface area contributed by atoms with E-state index in [1.807, 2.05) is 0 Å². The molecule has 0 aromatic carbocycles. The van der Waals surface area contributed by atoms with Crippen molar-refractivity contribution in [1.82, 2.24) is 4.98 Å². The number of pyridine rings is 1. The van der Waals surface area contributed by atoms with E-state index in [0.717, 1.165) is 6.07 Å². The SMILES string of the molecule is CC(=O)N1CCCc2c(C(=O)O)cc(=O)[nH]c21. The zero-order valence-electron chi connectivity index (χ0n) is 9.32. The van der Waals surface area contributed by atoms with Crippen molar-refractivity contribution in [3.05, 3.63) is 27.5 Å². The van der Waals surface area contributed by atoms with Crippen LogP contribution in [-0.2, 0) is 11.2 Å². The molecule has 6 heteroatoms. The minimum Gasteiger partial charge on any atom is -0.478 e. The molecule has 1 aromatic rings. The summed E-state index contributed by atoms with van der Waals surface area (Å²) in [6.07, 6.45) is 1.25. The molecular formula is C11H12N2O4. The standard InChI is InChI=1S/C11H12N2O4/c1-6(14)13-4-2-3-7-8(11(16)17)5-9(15)12-10(7)13/h5H,2-4H2,1H3,(H,12,15)(H,16,17). The smallest absolute Gasteiger partial charge is 0.336 e. The van der Waals surface area contributed by atoms with Crippen molar-refractivity contribution in [2.75, 3.05) is 11.4 Å². The maximum Gasteiger partial charge on any atom is 0.336 e. The van der Waals surface area contributed by atoms with Crippen LogP contribution in [0, 0.1) is 0 Å². The summed E-state index contributed by atoms with van der Waals surface area (Å²) in [5.74, 6) is -1.02. The summed E-state index contributed by atoms with van der Waals surface area (Å²) >= 11 is 0. The van der Waals surface area contributed by atoms with E-state index in [4.69, 9.17) is 5.11 Å². The second kappa shape index (κ2) is 4.04. The van der Waals surface area contributed by atoms with Crippen LogP contribution in [-0.4, -0.2) is 28.5 Å². The molecule has 0 saturated carbocycles. The molecule has 0 aliphatic carbocycles. The van der Waals surface area contributed by atoms with Gasteiger partial charge in [-0.1, -0.05) is 0 Å². The fraction of sp³-hybridized carbons (Fsp3) is 0.364. The van der Waals surface area contributed by atoms with Gasteiger partial charge in [0, 0.05) is 25.1 Å². The van der Waals surface area contributed by atoms with E-state index in [1.54, 1.807) is 0 Å². The van der Waals surface area contributed by atoms with E-state index >= 15 is 0 Å². The second-order valence-electron chi connectivity index (χ2n) is 3.95. The molecule has 90 valence electrons. The molecule has 0 fully saturated rings. The normalized spacial score (nSPS) is 14.3. The topological polar surface area (TPSA) is 90.5 Å². The van der Waals surface area contributed by atoms with Gasteiger partial charge in [-0.15, -0.1) is 0 Å². The number of aromatic amines is 1. The number of fused-ring (bicyclic) bond motifs is 1. The molecule has 1 aliphatic rings. The lowest BCUT2D eigenvalue weighted by molar-refractivity contribution is -0.116. The number of carbonyl (C=O) groups is 2. The van der Waals surface area contributed by atoms with E-state index in [2.05, 4.69) is 4.98 Å². The molecule has 0 atom stereocenters. The Kier molecular flexibility index (Phi) is 2.71. The number of anilines is 1. The largest absolute Gasteiger partial charge is 0.478 e. The average Bonchev–Trinajstić information content (AvgIpc) is 2.26. The van der Waals surface area contributed by atoms with Crippen LogP contribution in [0.25, 0.3) is 0 Å². The summed E-state index contributed by atoms with van der Waals surface area (Å²) in [7, 11) is 0. The first-order chi connectivity index (χ1) is 8.00. The Morgan fingerprint density at radius 2 is 2.18 bits per heavy atom. The van der Waals surface area contributed by atoms with E-state index in [9.17, 15) is 14.4 Å². The molecule has 0 spiro atoms. The Hall–Kier alpha value is -2.11. The number of nitrogens with one attached hydrogen (secondary N) is 1. The maximum atomic E-state index is 11.4. The fourth-order valence-corrected chi connectivity index (χ4v) is 2.09. The average molecular weight is 236 g/mol. The number of hydrogen-bond donors (Lipinski definition) is 2. The molecular weight excluding hydrogens is 224 g/mol. The molecule has 0 bridgehead atoms. The molecule has 1 aromatic heterocycles. The Bertz CT molecular complexity index is 547. The van der Waals surface area contributed by atoms with Gasteiger partial charge in [0.2, 0.25) is 11.5 Å². The minimum absolute atomic E-state index is 0.0188. The summed E-state index contributed by atoms with van der Waals surface area (Å²) in [6, 6.07) is 1.06. The molecule has 0 radical (unpaired) electrons. The second-order valence-corrected chi connectivity index (χ2v) is 3.95. The lowest BCUT2D eigenvalue weighted by atomic mass is 10.00. The van der Waals surface area contributed by atoms with Gasteiger partial charge in [0.25, 0.3) is 0 Å². The molecule has 0 saturated heterocycles. The predicted molar refractivity (Wildman–Crippen MR) is 60.4 cm³/mol. The Morgan fingerprint density at radius 3 is 2.76 bits per heavy atom. The van der Waals surface area contributed by atoms with Gasteiger partial charge in [-0.3, -0.25) is 14.5 Å². The Balaban J connectivity index is 2.66. The number of amides is 1. The van der Waals surface area contributed by atoms with Crippen molar-refractivity contribution >= 4 is 17.7 Å². The van der Waals surface area contributed by atoms with Gasteiger partial charge in [0.05, 0.1) is 5.56 Å². The molecule has 2 N–H and O–H groups in total. The molecule has 1 aliphatic heterocycles. The highest BCUT2D eigenvalue weighted by Gasteiger charge is 2.25. The lowest BCUT2D eigenvalue weighted by Crippen LogP contribution is -2.36. The molecule has 6 nitrogen and oxygen atoms in total. The van der Waals surface area contributed by atoms with Gasteiger partial charge < -0.3 is 10.1 Å².